The Labute approximate surface area is 118 Å². The molecule has 0 bridgehead atoms. The van der Waals surface area contributed by atoms with Crippen molar-refractivity contribution >= 4 is 23.9 Å². The van der Waals surface area contributed by atoms with E-state index in [0.29, 0.717) is 5.56 Å². The van der Waals surface area contributed by atoms with E-state index in [4.69, 9.17) is 10.2 Å². The minimum Gasteiger partial charge on any atom is -0.388 e. The van der Waals surface area contributed by atoms with E-state index in [1.165, 1.54) is 25.1 Å². The van der Waals surface area contributed by atoms with E-state index in [9.17, 15) is 19.2 Å². The molecule has 0 aliphatic rings. The highest BCUT2D eigenvalue weighted by atomic mass is 16.6. The fourth-order valence-corrected chi connectivity index (χ4v) is 1.49. The van der Waals surface area contributed by atoms with Crippen molar-refractivity contribution in [1.82, 2.24) is 0 Å². The average Bonchev–Trinajstić information content (AvgIpc) is 2.46. The molecule has 0 fully saturated rings. The number of benzene rings is 1. The van der Waals surface area contributed by atoms with E-state index in [-0.39, 0.29) is 11.1 Å². The zero-order valence-electron chi connectivity index (χ0n) is 11.0. The summed E-state index contributed by atoms with van der Waals surface area (Å²) in [6.07, 6.45) is 0. The number of rotatable bonds is 4. The standard InChI is InChI=1S/C13H12O8/c1-7-3-2-4-8(12(18)20-9(16)5-14)11(7)13(19)21-10(17)6-15/h2-4,14-15H,5-6H2,1H3. The summed E-state index contributed by atoms with van der Waals surface area (Å²) in [5.41, 5.74) is -0.265. The number of hydrogen-bond donors (Lipinski definition) is 2. The van der Waals surface area contributed by atoms with Crippen LogP contribution in [0.1, 0.15) is 26.3 Å². The number of aliphatic hydroxyl groups excluding tert-OH is 2. The van der Waals surface area contributed by atoms with Gasteiger partial charge in [-0.1, -0.05) is 12.1 Å². The molecule has 0 unspecified atom stereocenters. The van der Waals surface area contributed by atoms with Gasteiger partial charge in [-0.15, -0.1) is 0 Å². The predicted octanol–water partition coefficient (Wildman–Crippen LogP) is -0.654. The summed E-state index contributed by atoms with van der Waals surface area (Å²) in [6, 6.07) is 4.10. The van der Waals surface area contributed by atoms with Crippen LogP contribution in [0.15, 0.2) is 18.2 Å². The van der Waals surface area contributed by atoms with Crippen molar-refractivity contribution < 1.29 is 38.9 Å². The maximum atomic E-state index is 11.8. The Balaban J connectivity index is 3.14. The summed E-state index contributed by atoms with van der Waals surface area (Å²) in [5.74, 6) is -4.70. The van der Waals surface area contributed by atoms with Gasteiger partial charge in [-0.2, -0.15) is 0 Å². The lowest BCUT2D eigenvalue weighted by Gasteiger charge is -2.09. The Morgan fingerprint density at radius 3 is 2.00 bits per heavy atom. The summed E-state index contributed by atoms with van der Waals surface area (Å²) < 4.78 is 8.61. The number of carbonyl (C=O) groups is 4. The first kappa shape index (κ1) is 16.5. The lowest BCUT2D eigenvalue weighted by molar-refractivity contribution is -0.142. The van der Waals surface area contributed by atoms with Crippen LogP contribution in [0.2, 0.25) is 0 Å². The van der Waals surface area contributed by atoms with Gasteiger partial charge in [0.15, 0.2) is 0 Å². The molecule has 0 aliphatic heterocycles. The summed E-state index contributed by atoms with van der Waals surface area (Å²) in [6.45, 7) is -0.522. The molecule has 0 atom stereocenters. The number of ether oxygens (including phenoxy) is 2. The van der Waals surface area contributed by atoms with E-state index in [2.05, 4.69) is 9.47 Å². The fourth-order valence-electron chi connectivity index (χ4n) is 1.49. The Bertz CT molecular complexity index is 590. The smallest absolute Gasteiger partial charge is 0.346 e. The SMILES string of the molecule is Cc1cccc(C(=O)OC(=O)CO)c1C(=O)OC(=O)CO. The fraction of sp³-hybridized carbons (Fsp3) is 0.231. The monoisotopic (exact) mass is 296 g/mol. The minimum atomic E-state index is -1.19. The number of aliphatic hydroxyl groups is 2. The maximum absolute atomic E-state index is 11.8. The topological polar surface area (TPSA) is 127 Å². The maximum Gasteiger partial charge on any atom is 0.346 e. The highest BCUT2D eigenvalue weighted by Gasteiger charge is 2.24. The molecular formula is C13H12O8. The van der Waals surface area contributed by atoms with Gasteiger partial charge in [0.2, 0.25) is 0 Å². The Kier molecular flexibility index (Phi) is 5.70. The van der Waals surface area contributed by atoms with E-state index in [0.717, 1.165) is 0 Å². The molecule has 1 aromatic carbocycles. The van der Waals surface area contributed by atoms with E-state index >= 15 is 0 Å². The van der Waals surface area contributed by atoms with Crippen LogP contribution in [0.5, 0.6) is 0 Å². The van der Waals surface area contributed by atoms with Gasteiger partial charge in [-0.05, 0) is 18.6 Å². The van der Waals surface area contributed by atoms with Crippen LogP contribution in [-0.2, 0) is 19.1 Å². The molecule has 2 N–H and O–H groups in total. The third-order valence-electron chi connectivity index (χ3n) is 2.37. The number of carbonyl (C=O) groups excluding carboxylic acids is 4. The van der Waals surface area contributed by atoms with Crippen LogP contribution in [-0.4, -0.2) is 47.3 Å². The largest absolute Gasteiger partial charge is 0.388 e. The van der Waals surface area contributed by atoms with Crippen LogP contribution >= 0.6 is 0 Å². The van der Waals surface area contributed by atoms with Crippen LogP contribution < -0.4 is 0 Å². The molecule has 0 amide bonds. The average molecular weight is 296 g/mol. The first-order valence-corrected chi connectivity index (χ1v) is 5.72. The van der Waals surface area contributed by atoms with Crippen molar-refractivity contribution in [1.29, 1.82) is 0 Å². The Morgan fingerprint density at radius 1 is 0.952 bits per heavy atom. The number of aryl methyl sites for hydroxylation is 1. The summed E-state index contributed by atoms with van der Waals surface area (Å²) in [5, 5.41) is 17.1. The van der Waals surface area contributed by atoms with Gasteiger partial charge in [-0.25, -0.2) is 19.2 Å². The van der Waals surface area contributed by atoms with E-state index in [1.807, 2.05) is 0 Å². The zero-order valence-corrected chi connectivity index (χ0v) is 11.0. The molecule has 21 heavy (non-hydrogen) atoms. The van der Waals surface area contributed by atoms with E-state index in [1.54, 1.807) is 0 Å². The first-order valence-electron chi connectivity index (χ1n) is 5.72. The Hall–Kier alpha value is -2.58. The number of hydrogen-bond acceptors (Lipinski definition) is 8. The van der Waals surface area contributed by atoms with Gasteiger partial charge in [0.25, 0.3) is 0 Å². The molecule has 0 saturated heterocycles. The summed E-state index contributed by atoms with van der Waals surface area (Å²) in [4.78, 5) is 45.4. The molecular weight excluding hydrogens is 284 g/mol. The molecule has 0 aliphatic carbocycles. The van der Waals surface area contributed by atoms with Gasteiger partial charge < -0.3 is 19.7 Å². The quantitative estimate of drug-likeness (QED) is 0.554. The minimum absolute atomic E-state index is 0.268. The van der Waals surface area contributed by atoms with Crippen molar-refractivity contribution in [2.45, 2.75) is 6.92 Å². The molecule has 0 heterocycles. The van der Waals surface area contributed by atoms with Gasteiger partial charge in [-0.3, -0.25) is 0 Å². The highest BCUT2D eigenvalue weighted by Crippen LogP contribution is 2.17. The second-order valence-corrected chi connectivity index (χ2v) is 3.84. The van der Waals surface area contributed by atoms with Crippen LogP contribution in [0.4, 0.5) is 0 Å². The van der Waals surface area contributed by atoms with Crippen molar-refractivity contribution in [3.63, 3.8) is 0 Å². The van der Waals surface area contributed by atoms with Crippen molar-refractivity contribution in [2.75, 3.05) is 13.2 Å². The van der Waals surface area contributed by atoms with Crippen molar-refractivity contribution in [3.05, 3.63) is 34.9 Å². The van der Waals surface area contributed by atoms with Crippen LogP contribution in [0.3, 0.4) is 0 Å². The molecule has 1 aromatic rings. The Morgan fingerprint density at radius 2 is 1.48 bits per heavy atom. The van der Waals surface area contributed by atoms with Gasteiger partial charge in [0, 0.05) is 0 Å². The lowest BCUT2D eigenvalue weighted by atomic mass is 10.0. The van der Waals surface area contributed by atoms with Crippen molar-refractivity contribution in [2.24, 2.45) is 0 Å². The molecule has 112 valence electrons. The number of esters is 4. The second-order valence-electron chi connectivity index (χ2n) is 3.84. The van der Waals surface area contributed by atoms with Gasteiger partial charge in [0.05, 0.1) is 11.1 Å². The third kappa shape index (κ3) is 4.20. The summed E-state index contributed by atoms with van der Waals surface area (Å²) in [7, 11) is 0. The molecule has 8 nitrogen and oxygen atoms in total. The van der Waals surface area contributed by atoms with Crippen LogP contribution in [0.25, 0.3) is 0 Å². The van der Waals surface area contributed by atoms with Crippen LogP contribution in [0, 0.1) is 6.92 Å². The van der Waals surface area contributed by atoms with E-state index < -0.39 is 37.1 Å². The molecule has 0 spiro atoms. The highest BCUT2D eigenvalue weighted by molar-refractivity contribution is 6.08. The normalized spacial score (nSPS) is 9.86. The molecule has 8 heteroatoms. The lowest BCUT2D eigenvalue weighted by Crippen LogP contribution is -2.22. The molecule has 1 rings (SSSR count). The third-order valence-corrected chi connectivity index (χ3v) is 2.37. The first-order chi connectivity index (χ1) is 9.90. The molecule has 0 aromatic heterocycles. The van der Waals surface area contributed by atoms with Gasteiger partial charge >= 0.3 is 23.9 Å². The molecule has 0 saturated carbocycles. The zero-order chi connectivity index (χ0) is 16.0. The predicted molar refractivity (Wildman–Crippen MR) is 66.2 cm³/mol. The summed E-state index contributed by atoms with van der Waals surface area (Å²) >= 11 is 0. The van der Waals surface area contributed by atoms with Crippen molar-refractivity contribution in [3.8, 4) is 0 Å². The molecule has 0 radical (unpaired) electrons. The second kappa shape index (κ2) is 7.27. The van der Waals surface area contributed by atoms with Gasteiger partial charge in [0.1, 0.15) is 13.2 Å².